The summed E-state index contributed by atoms with van der Waals surface area (Å²) in [7, 11) is 3.24. The monoisotopic (exact) mass is 284 g/mol. The van der Waals surface area contributed by atoms with Gasteiger partial charge in [-0.25, -0.2) is 4.79 Å². The van der Waals surface area contributed by atoms with E-state index in [2.05, 4.69) is 10.8 Å². The molecule has 5 heteroatoms. The van der Waals surface area contributed by atoms with Crippen molar-refractivity contribution in [3.63, 3.8) is 0 Å². The first-order valence-electron chi connectivity index (χ1n) is 6.48. The smallest absolute Gasteiger partial charge is 0.373 e. The molecule has 1 aromatic carbocycles. The standard InChI is InChI=1S/C16H16N2O3/c1-11(14-8-9-15(21-14)16(19)20-3)18(2)13-6-4-12(10-17)5-7-13/h4-9,11H,1-3H3. The Balaban J connectivity index is 2.18. The van der Waals surface area contributed by atoms with E-state index < -0.39 is 5.97 Å². The van der Waals surface area contributed by atoms with Crippen molar-refractivity contribution in [3.8, 4) is 6.07 Å². The van der Waals surface area contributed by atoms with E-state index in [1.54, 1.807) is 24.3 Å². The molecular weight excluding hydrogens is 268 g/mol. The number of hydrogen-bond donors (Lipinski definition) is 0. The molecule has 0 amide bonds. The largest absolute Gasteiger partial charge is 0.463 e. The van der Waals surface area contributed by atoms with Crippen molar-refractivity contribution in [2.24, 2.45) is 0 Å². The summed E-state index contributed by atoms with van der Waals surface area (Å²) in [4.78, 5) is 13.4. The summed E-state index contributed by atoms with van der Waals surface area (Å²) >= 11 is 0. The molecule has 21 heavy (non-hydrogen) atoms. The van der Waals surface area contributed by atoms with E-state index >= 15 is 0 Å². The number of benzene rings is 1. The Morgan fingerprint density at radius 2 is 1.95 bits per heavy atom. The lowest BCUT2D eigenvalue weighted by molar-refractivity contribution is 0.0562. The minimum atomic E-state index is -0.491. The number of carbonyl (C=O) groups excluding carboxylic acids is 1. The Kier molecular flexibility index (Phi) is 4.29. The topological polar surface area (TPSA) is 66.5 Å². The minimum Gasteiger partial charge on any atom is -0.463 e. The number of methoxy groups -OCH3 is 1. The van der Waals surface area contributed by atoms with E-state index in [0.717, 1.165) is 5.69 Å². The van der Waals surface area contributed by atoms with Crippen LogP contribution in [0.15, 0.2) is 40.8 Å². The molecule has 0 radical (unpaired) electrons. The van der Waals surface area contributed by atoms with Gasteiger partial charge in [0.25, 0.3) is 0 Å². The summed E-state index contributed by atoms with van der Waals surface area (Å²) in [5.74, 6) is 0.365. The molecule has 0 N–H and O–H groups in total. The van der Waals surface area contributed by atoms with Crippen LogP contribution in [0.5, 0.6) is 0 Å². The van der Waals surface area contributed by atoms with Crippen LogP contribution in [-0.2, 0) is 4.74 Å². The highest BCUT2D eigenvalue weighted by atomic mass is 16.5. The second kappa shape index (κ2) is 6.14. The van der Waals surface area contributed by atoms with E-state index in [1.165, 1.54) is 7.11 Å². The van der Waals surface area contributed by atoms with Gasteiger partial charge in [0, 0.05) is 12.7 Å². The average molecular weight is 284 g/mol. The zero-order valence-electron chi connectivity index (χ0n) is 12.2. The second-order valence-corrected chi connectivity index (χ2v) is 4.64. The molecule has 2 rings (SSSR count). The number of carbonyl (C=O) groups is 1. The van der Waals surface area contributed by atoms with E-state index in [0.29, 0.717) is 11.3 Å². The number of nitrogens with zero attached hydrogens (tertiary/aromatic N) is 2. The number of ether oxygens (including phenoxy) is 1. The molecule has 0 spiro atoms. The molecule has 1 heterocycles. The van der Waals surface area contributed by atoms with Gasteiger partial charge in [-0.1, -0.05) is 0 Å². The van der Waals surface area contributed by atoms with Crippen molar-refractivity contribution in [2.45, 2.75) is 13.0 Å². The molecule has 1 atom stereocenters. The lowest BCUT2D eigenvalue weighted by atomic mass is 10.1. The van der Waals surface area contributed by atoms with Gasteiger partial charge >= 0.3 is 5.97 Å². The maximum absolute atomic E-state index is 11.4. The Bertz CT molecular complexity index is 668. The van der Waals surface area contributed by atoms with Crippen molar-refractivity contribution in [2.75, 3.05) is 19.1 Å². The quantitative estimate of drug-likeness (QED) is 0.807. The third-order valence-corrected chi connectivity index (χ3v) is 3.41. The molecule has 5 nitrogen and oxygen atoms in total. The Labute approximate surface area is 123 Å². The fourth-order valence-electron chi connectivity index (χ4n) is 1.97. The summed E-state index contributed by atoms with van der Waals surface area (Å²) in [6, 6.07) is 12.7. The fraction of sp³-hybridized carbons (Fsp3) is 0.250. The Hall–Kier alpha value is -2.74. The molecule has 0 aliphatic rings. The van der Waals surface area contributed by atoms with Crippen LogP contribution < -0.4 is 4.90 Å². The summed E-state index contributed by atoms with van der Waals surface area (Å²) in [5, 5.41) is 8.81. The van der Waals surface area contributed by atoms with Crippen molar-refractivity contribution < 1.29 is 13.9 Å². The molecule has 0 aliphatic heterocycles. The van der Waals surface area contributed by atoms with Crippen LogP contribution in [0.2, 0.25) is 0 Å². The molecule has 2 aromatic rings. The minimum absolute atomic E-state index is 0.0589. The maximum atomic E-state index is 11.4. The highest BCUT2D eigenvalue weighted by molar-refractivity contribution is 5.86. The molecule has 0 aliphatic carbocycles. The van der Waals surface area contributed by atoms with Gasteiger partial charge in [0.15, 0.2) is 0 Å². The summed E-state index contributed by atoms with van der Waals surface area (Å²) in [6.45, 7) is 1.97. The number of furan rings is 1. The van der Waals surface area contributed by atoms with Crippen LogP contribution in [0, 0.1) is 11.3 Å². The zero-order valence-corrected chi connectivity index (χ0v) is 12.2. The zero-order chi connectivity index (χ0) is 15.4. The van der Waals surface area contributed by atoms with Crippen molar-refractivity contribution in [3.05, 3.63) is 53.5 Å². The molecule has 1 aromatic heterocycles. The number of esters is 1. The maximum Gasteiger partial charge on any atom is 0.373 e. The lowest BCUT2D eigenvalue weighted by Crippen LogP contribution is -2.21. The summed E-state index contributed by atoms with van der Waals surface area (Å²) in [6.07, 6.45) is 0. The third kappa shape index (κ3) is 3.06. The van der Waals surface area contributed by atoms with Crippen molar-refractivity contribution in [1.29, 1.82) is 5.26 Å². The van der Waals surface area contributed by atoms with Crippen LogP contribution in [-0.4, -0.2) is 20.1 Å². The number of nitriles is 1. The van der Waals surface area contributed by atoms with Gasteiger partial charge < -0.3 is 14.1 Å². The van der Waals surface area contributed by atoms with Crippen LogP contribution in [0.3, 0.4) is 0 Å². The highest BCUT2D eigenvalue weighted by Crippen LogP contribution is 2.27. The predicted molar refractivity (Wildman–Crippen MR) is 78.0 cm³/mol. The Morgan fingerprint density at radius 3 is 2.52 bits per heavy atom. The first-order chi connectivity index (χ1) is 10.1. The first-order valence-corrected chi connectivity index (χ1v) is 6.48. The highest BCUT2D eigenvalue weighted by Gasteiger charge is 2.18. The number of anilines is 1. The fourth-order valence-corrected chi connectivity index (χ4v) is 1.97. The lowest BCUT2D eigenvalue weighted by Gasteiger charge is -2.25. The number of hydrogen-bond acceptors (Lipinski definition) is 5. The number of rotatable bonds is 4. The molecule has 0 bridgehead atoms. The normalized spacial score (nSPS) is 11.5. The van der Waals surface area contributed by atoms with Gasteiger partial charge in [0.1, 0.15) is 5.76 Å². The van der Waals surface area contributed by atoms with Crippen LogP contribution in [0.4, 0.5) is 5.69 Å². The van der Waals surface area contributed by atoms with Crippen LogP contribution >= 0.6 is 0 Å². The van der Waals surface area contributed by atoms with Gasteiger partial charge in [-0.05, 0) is 43.3 Å². The molecule has 0 saturated carbocycles. The van der Waals surface area contributed by atoms with Gasteiger partial charge in [-0.15, -0.1) is 0 Å². The summed E-state index contributed by atoms with van der Waals surface area (Å²) in [5.41, 5.74) is 1.57. The first kappa shape index (κ1) is 14.7. The molecule has 108 valence electrons. The molecular formula is C16H16N2O3. The molecule has 0 saturated heterocycles. The van der Waals surface area contributed by atoms with Crippen LogP contribution in [0.25, 0.3) is 0 Å². The van der Waals surface area contributed by atoms with Gasteiger partial charge in [0.05, 0.1) is 24.8 Å². The van der Waals surface area contributed by atoms with Gasteiger partial charge in [0.2, 0.25) is 5.76 Å². The van der Waals surface area contributed by atoms with Crippen LogP contribution in [0.1, 0.15) is 34.8 Å². The molecule has 0 fully saturated rings. The van der Waals surface area contributed by atoms with Crippen molar-refractivity contribution in [1.82, 2.24) is 0 Å². The van der Waals surface area contributed by atoms with E-state index in [9.17, 15) is 4.79 Å². The Morgan fingerprint density at radius 1 is 1.29 bits per heavy atom. The second-order valence-electron chi connectivity index (χ2n) is 4.64. The SMILES string of the molecule is COC(=O)c1ccc(C(C)N(C)c2ccc(C#N)cc2)o1. The average Bonchev–Trinajstić information content (AvgIpc) is 3.02. The predicted octanol–water partition coefficient (Wildman–Crippen LogP) is 3.14. The van der Waals surface area contributed by atoms with E-state index in [1.807, 2.05) is 31.0 Å². The van der Waals surface area contributed by atoms with Crippen molar-refractivity contribution >= 4 is 11.7 Å². The van der Waals surface area contributed by atoms with E-state index in [-0.39, 0.29) is 11.8 Å². The molecule has 1 unspecified atom stereocenters. The third-order valence-electron chi connectivity index (χ3n) is 3.41. The van der Waals surface area contributed by atoms with E-state index in [4.69, 9.17) is 9.68 Å². The van der Waals surface area contributed by atoms with Gasteiger partial charge in [-0.2, -0.15) is 5.26 Å². The summed E-state index contributed by atoms with van der Waals surface area (Å²) < 4.78 is 10.1. The van der Waals surface area contributed by atoms with Gasteiger partial charge in [-0.3, -0.25) is 0 Å².